The fourth-order valence-corrected chi connectivity index (χ4v) is 7.24. The molecule has 268 valence electrons. The molecule has 3 saturated carbocycles. The molecule has 2 bridgehead atoms. The first-order valence-corrected chi connectivity index (χ1v) is 16.9. The van der Waals surface area contributed by atoms with E-state index in [1.165, 1.54) is 44.7 Å². The number of nitrogens with one attached hydrogen (secondary N) is 4. The minimum Gasteiger partial charge on any atom is -0.493 e. The van der Waals surface area contributed by atoms with Gasteiger partial charge in [0, 0.05) is 23.8 Å². The Kier molecular flexibility index (Phi) is 10.2. The van der Waals surface area contributed by atoms with Crippen LogP contribution in [0.15, 0.2) is 60.1 Å². The number of fused-ring (bicyclic) bond motifs is 3. The number of nitrogens with two attached hydrogens (primary N) is 1. The van der Waals surface area contributed by atoms with Gasteiger partial charge in [-0.15, -0.1) is 13.2 Å². The third-order valence-corrected chi connectivity index (χ3v) is 9.99. The first-order valence-electron chi connectivity index (χ1n) is 15.4. The third-order valence-electron chi connectivity index (χ3n) is 9.00. The van der Waals surface area contributed by atoms with E-state index >= 15 is 0 Å². The summed E-state index contributed by atoms with van der Waals surface area (Å²) in [5.74, 6) is -1.19. The van der Waals surface area contributed by atoms with Gasteiger partial charge in [-0.1, -0.05) is 12.6 Å². The molecule has 50 heavy (non-hydrogen) atoms. The van der Waals surface area contributed by atoms with Crippen LogP contribution in [0.2, 0.25) is 0 Å². The second-order valence-electron chi connectivity index (χ2n) is 12.2. The summed E-state index contributed by atoms with van der Waals surface area (Å²) < 4.78 is 78.5. The number of rotatable bonds is 13. The predicted octanol–water partition coefficient (Wildman–Crippen LogP) is 4.65. The summed E-state index contributed by atoms with van der Waals surface area (Å²) in [7, 11) is -1.89. The molecule has 3 aromatic rings. The van der Waals surface area contributed by atoms with Crippen LogP contribution < -0.4 is 40.6 Å². The van der Waals surface area contributed by atoms with Crippen molar-refractivity contribution in [1.82, 2.24) is 20.6 Å². The summed E-state index contributed by atoms with van der Waals surface area (Å²) in [5.41, 5.74) is -0.228. The molecule has 2 aromatic carbocycles. The van der Waals surface area contributed by atoms with Crippen molar-refractivity contribution in [1.29, 1.82) is 0 Å². The Balaban J connectivity index is 1.36. The number of hydrogen-bond donors (Lipinski definition) is 5. The summed E-state index contributed by atoms with van der Waals surface area (Å²) in [6.45, 7) is 4.07. The van der Waals surface area contributed by atoms with Crippen molar-refractivity contribution < 1.29 is 45.4 Å². The van der Waals surface area contributed by atoms with E-state index in [1.807, 2.05) is 0 Å². The number of carbonyl (C=O) groups is 2. The summed E-state index contributed by atoms with van der Waals surface area (Å²) >= 11 is 0. The fourth-order valence-electron chi connectivity index (χ4n) is 6.42. The van der Waals surface area contributed by atoms with Crippen LogP contribution in [-0.4, -0.2) is 62.9 Å². The van der Waals surface area contributed by atoms with Crippen molar-refractivity contribution in [3.05, 3.63) is 60.8 Å². The van der Waals surface area contributed by atoms with Crippen molar-refractivity contribution in [2.45, 2.75) is 55.3 Å². The number of hydrogen-bond acceptors (Lipinski definition) is 11. The Morgan fingerprint density at radius 1 is 1.00 bits per heavy atom. The van der Waals surface area contributed by atoms with Gasteiger partial charge in [0.1, 0.15) is 10.7 Å². The summed E-state index contributed by atoms with van der Waals surface area (Å²) in [6.07, 6.45) is 2.20. The van der Waals surface area contributed by atoms with Crippen LogP contribution >= 0.6 is 0 Å². The number of aromatic nitrogens is 2. The quantitative estimate of drug-likeness (QED) is 0.154. The average molecular weight is 720 g/mol. The van der Waals surface area contributed by atoms with Crippen LogP contribution in [0.1, 0.15) is 48.9 Å². The molecule has 3 aliphatic rings. The number of alkyl halides is 3. The Labute approximate surface area is 286 Å². The Bertz CT molecular complexity index is 1880. The van der Waals surface area contributed by atoms with Gasteiger partial charge in [0.15, 0.2) is 17.2 Å². The number of methoxy groups -OCH3 is 2. The highest BCUT2D eigenvalue weighted by molar-refractivity contribution is 7.89. The van der Waals surface area contributed by atoms with Gasteiger partial charge >= 0.3 is 6.36 Å². The molecule has 3 aliphatic carbocycles. The van der Waals surface area contributed by atoms with Crippen molar-refractivity contribution >= 4 is 45.0 Å². The lowest BCUT2D eigenvalue weighted by Crippen LogP contribution is -2.58. The zero-order chi connectivity index (χ0) is 36.3. The lowest BCUT2D eigenvalue weighted by molar-refractivity contribution is -0.275. The molecule has 18 heteroatoms. The molecule has 0 radical (unpaired) electrons. The number of amides is 2. The van der Waals surface area contributed by atoms with Gasteiger partial charge in [-0.2, -0.15) is 4.98 Å². The number of ether oxygens (including phenoxy) is 3. The van der Waals surface area contributed by atoms with Gasteiger partial charge < -0.3 is 35.5 Å². The lowest BCUT2D eigenvalue weighted by atomic mass is 9.57. The van der Waals surface area contributed by atoms with E-state index in [2.05, 4.69) is 42.6 Å². The van der Waals surface area contributed by atoms with Crippen LogP contribution in [0.25, 0.3) is 0 Å². The summed E-state index contributed by atoms with van der Waals surface area (Å²) in [5, 5.41) is 17.0. The van der Waals surface area contributed by atoms with Gasteiger partial charge in [-0.25, -0.2) is 18.5 Å². The highest BCUT2D eigenvalue weighted by Crippen LogP contribution is 2.52. The van der Waals surface area contributed by atoms with Crippen LogP contribution in [0.3, 0.4) is 0 Å². The van der Waals surface area contributed by atoms with Gasteiger partial charge in [0.2, 0.25) is 21.9 Å². The summed E-state index contributed by atoms with van der Waals surface area (Å²) in [6, 6.07) is 7.57. The topological polar surface area (TPSA) is 196 Å². The Morgan fingerprint density at radius 3 is 2.30 bits per heavy atom. The number of sulfonamides is 1. The van der Waals surface area contributed by atoms with E-state index in [0.29, 0.717) is 6.54 Å². The molecule has 0 saturated heterocycles. The smallest absolute Gasteiger partial charge is 0.493 e. The number of carbonyl (C=O) groups excluding carboxylic acids is 2. The molecule has 6 rings (SSSR count). The molecule has 1 heterocycles. The van der Waals surface area contributed by atoms with Gasteiger partial charge in [-0.3, -0.25) is 9.59 Å². The predicted molar refractivity (Wildman–Crippen MR) is 176 cm³/mol. The van der Waals surface area contributed by atoms with E-state index < -0.39 is 32.6 Å². The second kappa shape index (κ2) is 14.0. The molecule has 1 aromatic heterocycles. The molecule has 2 amide bonds. The van der Waals surface area contributed by atoms with Gasteiger partial charge in [-0.05, 0) is 80.3 Å². The summed E-state index contributed by atoms with van der Waals surface area (Å²) in [4.78, 5) is 33.0. The first-order chi connectivity index (χ1) is 23.6. The molecule has 0 atom stereocenters. The van der Waals surface area contributed by atoms with Crippen molar-refractivity contribution in [2.75, 3.05) is 31.4 Å². The number of benzene rings is 2. The highest BCUT2D eigenvalue weighted by Gasteiger charge is 2.49. The van der Waals surface area contributed by atoms with Crippen LogP contribution in [0.5, 0.6) is 17.2 Å². The molecule has 0 spiro atoms. The average Bonchev–Trinajstić information content (AvgIpc) is 3.06. The van der Waals surface area contributed by atoms with Crippen molar-refractivity contribution in [3.63, 3.8) is 0 Å². The van der Waals surface area contributed by atoms with Crippen molar-refractivity contribution in [2.24, 2.45) is 10.6 Å². The van der Waals surface area contributed by atoms with E-state index in [9.17, 15) is 31.2 Å². The molecule has 3 fully saturated rings. The molecule has 0 aliphatic heterocycles. The normalized spacial score (nSPS) is 20.0. The largest absolute Gasteiger partial charge is 0.573 e. The molecule has 0 unspecified atom stereocenters. The first kappa shape index (κ1) is 36.2. The SMILES string of the molecule is C=CC(=O)NCC12CCC(NC(=O)c3cc(Nc4nccc(Nc5cccc(OC(F)(F)F)c5S(N)(=O)=O)n4)c(OC)c(OC)c3)(CC1)CC2. The standard InChI is InChI=1S/C32H36F3N7O7S/c1-4-25(43)38-18-30-9-12-31(13-10-30,14-11-30)42-28(44)19-16-21(26(48-3)23(17-19)47-2)40-29-37-15-8-24(41-29)39-20-6-5-7-22(49-32(33,34)35)27(20)50(36,45)46/h4-8,15-17H,1,9-14,18H2,2-3H3,(H,38,43)(H,42,44)(H2,36,45,46)(H2,37,39,40,41). The maximum atomic E-state index is 13.7. The fraction of sp³-hybridized carbons (Fsp3) is 0.375. The lowest BCUT2D eigenvalue weighted by Gasteiger charge is -2.53. The number of primary sulfonamides is 1. The molecular weight excluding hydrogens is 683 g/mol. The maximum absolute atomic E-state index is 13.7. The van der Waals surface area contributed by atoms with E-state index in [1.54, 1.807) is 6.07 Å². The number of nitrogens with zero attached hydrogens (tertiary/aromatic N) is 2. The van der Waals surface area contributed by atoms with E-state index in [-0.39, 0.29) is 57.4 Å². The third kappa shape index (κ3) is 8.19. The number of halogens is 3. The zero-order valence-corrected chi connectivity index (χ0v) is 28.0. The number of anilines is 4. The highest BCUT2D eigenvalue weighted by atomic mass is 32.2. The zero-order valence-electron chi connectivity index (χ0n) is 27.1. The minimum atomic E-state index is -5.18. The molecule has 6 N–H and O–H groups in total. The molecule has 14 nitrogen and oxygen atoms in total. The van der Waals surface area contributed by atoms with Gasteiger partial charge in [0.25, 0.3) is 5.91 Å². The van der Waals surface area contributed by atoms with Crippen LogP contribution in [0.4, 0.5) is 36.3 Å². The minimum absolute atomic E-state index is 0.00521. The second-order valence-corrected chi connectivity index (χ2v) is 13.7. The van der Waals surface area contributed by atoms with Crippen molar-refractivity contribution in [3.8, 4) is 17.2 Å². The Morgan fingerprint density at radius 2 is 1.70 bits per heavy atom. The van der Waals surface area contributed by atoms with E-state index in [4.69, 9.17) is 14.6 Å². The maximum Gasteiger partial charge on any atom is 0.573 e. The monoisotopic (exact) mass is 719 g/mol. The van der Waals surface area contributed by atoms with Gasteiger partial charge in [0.05, 0.1) is 25.6 Å². The van der Waals surface area contributed by atoms with E-state index in [0.717, 1.165) is 50.7 Å². The Hall–Kier alpha value is -5.10. The molecular formula is C32H36F3N7O7S. The van der Waals surface area contributed by atoms with Crippen LogP contribution in [0, 0.1) is 5.41 Å². The van der Waals surface area contributed by atoms with Crippen LogP contribution in [-0.2, 0) is 14.8 Å².